The van der Waals surface area contributed by atoms with Crippen molar-refractivity contribution in [1.29, 1.82) is 0 Å². The van der Waals surface area contributed by atoms with Crippen molar-refractivity contribution in [3.8, 4) is 17.1 Å². The molecule has 184 valence electrons. The van der Waals surface area contributed by atoms with Crippen molar-refractivity contribution in [3.63, 3.8) is 0 Å². The van der Waals surface area contributed by atoms with E-state index in [9.17, 15) is 14.5 Å². The second-order valence-electron chi connectivity index (χ2n) is 7.52. The number of hydrogen-bond acceptors (Lipinski definition) is 11. The molecular weight excluding hydrogens is 471 g/mol. The quantitative estimate of drug-likeness (QED) is 0.195. The Hall–Kier alpha value is -5.07. The highest BCUT2D eigenvalue weighted by atomic mass is 19.1. The number of non-ortho nitro benzene ring substituents is 1. The molecule has 0 unspecified atom stereocenters. The predicted molar refractivity (Wildman–Crippen MR) is 132 cm³/mol. The lowest BCUT2D eigenvalue weighted by Gasteiger charge is -2.13. The van der Waals surface area contributed by atoms with Gasteiger partial charge in [-0.2, -0.15) is 20.1 Å². The highest BCUT2D eigenvalue weighted by Gasteiger charge is 2.16. The third-order valence-corrected chi connectivity index (χ3v) is 4.77. The third kappa shape index (κ3) is 5.70. The van der Waals surface area contributed by atoms with Crippen LogP contribution in [0.25, 0.3) is 11.3 Å². The van der Waals surface area contributed by atoms with Gasteiger partial charge in [0.1, 0.15) is 23.1 Å². The minimum absolute atomic E-state index is 0.0873. The Morgan fingerprint density at radius 1 is 1.08 bits per heavy atom. The summed E-state index contributed by atoms with van der Waals surface area (Å²) >= 11 is 0. The molecular formula is C23H21FN8O4. The first-order valence-corrected chi connectivity index (χ1v) is 10.5. The number of aromatic nitrogens is 3. The summed E-state index contributed by atoms with van der Waals surface area (Å²) in [6, 6.07) is 13.3. The van der Waals surface area contributed by atoms with Gasteiger partial charge < -0.3 is 19.4 Å². The van der Waals surface area contributed by atoms with Crippen LogP contribution >= 0.6 is 0 Å². The summed E-state index contributed by atoms with van der Waals surface area (Å²) in [5.74, 6) is 1.57. The van der Waals surface area contributed by atoms with Crippen LogP contribution in [-0.4, -0.2) is 47.3 Å². The minimum atomic E-state index is -0.492. The Kier molecular flexibility index (Phi) is 6.99. The van der Waals surface area contributed by atoms with E-state index in [2.05, 4.69) is 30.8 Å². The van der Waals surface area contributed by atoms with E-state index in [0.717, 1.165) is 0 Å². The molecule has 4 rings (SSSR count). The molecule has 0 spiro atoms. The zero-order valence-electron chi connectivity index (χ0n) is 19.5. The number of halogens is 1. The zero-order chi connectivity index (χ0) is 25.7. The molecule has 2 aromatic carbocycles. The minimum Gasteiger partial charge on any atom is -0.496 e. The van der Waals surface area contributed by atoms with Crippen molar-refractivity contribution >= 4 is 35.4 Å². The summed E-state index contributed by atoms with van der Waals surface area (Å²) in [5.41, 5.74) is 3.67. The van der Waals surface area contributed by atoms with E-state index in [1.54, 1.807) is 43.3 Å². The van der Waals surface area contributed by atoms with E-state index in [1.807, 2.05) is 0 Å². The van der Waals surface area contributed by atoms with E-state index in [0.29, 0.717) is 34.5 Å². The van der Waals surface area contributed by atoms with Crippen molar-refractivity contribution in [3.05, 3.63) is 76.3 Å². The number of nitro benzene ring substituents is 1. The van der Waals surface area contributed by atoms with Gasteiger partial charge in [-0.25, -0.2) is 9.82 Å². The fraction of sp³-hybridized carbons (Fsp3) is 0.130. The molecule has 2 N–H and O–H groups in total. The first kappa shape index (κ1) is 24.1. The van der Waals surface area contributed by atoms with Crippen LogP contribution in [0.3, 0.4) is 0 Å². The van der Waals surface area contributed by atoms with Gasteiger partial charge in [0.2, 0.25) is 17.8 Å². The molecule has 0 aliphatic heterocycles. The number of rotatable bonds is 9. The Bertz CT molecular complexity index is 1410. The summed E-state index contributed by atoms with van der Waals surface area (Å²) in [6.45, 7) is 0. The molecule has 0 saturated carbocycles. The number of hydrazone groups is 1. The van der Waals surface area contributed by atoms with Crippen LogP contribution in [-0.2, 0) is 0 Å². The normalized spacial score (nSPS) is 10.9. The first-order chi connectivity index (χ1) is 17.3. The van der Waals surface area contributed by atoms with Crippen LogP contribution < -0.4 is 20.4 Å². The molecule has 0 saturated heterocycles. The SMILES string of the molecule is COc1ccc([N+](=O)[O-])cc1-c1ccc(C=NNc2nc(Nc3ccc(F)cc3)nc(N(C)C)n2)o1. The van der Waals surface area contributed by atoms with Gasteiger partial charge >= 0.3 is 0 Å². The Labute approximate surface area is 204 Å². The summed E-state index contributed by atoms with van der Waals surface area (Å²) in [5, 5.41) is 18.2. The highest BCUT2D eigenvalue weighted by Crippen LogP contribution is 2.34. The number of furan rings is 1. The number of anilines is 4. The summed E-state index contributed by atoms with van der Waals surface area (Å²) in [4.78, 5) is 25.2. The molecule has 4 aromatic rings. The summed E-state index contributed by atoms with van der Waals surface area (Å²) in [6.07, 6.45) is 1.40. The number of methoxy groups -OCH3 is 1. The monoisotopic (exact) mass is 492 g/mol. The lowest BCUT2D eigenvalue weighted by atomic mass is 10.1. The summed E-state index contributed by atoms with van der Waals surface area (Å²) in [7, 11) is 5.02. The van der Waals surface area contributed by atoms with Crippen molar-refractivity contribution in [1.82, 2.24) is 15.0 Å². The van der Waals surface area contributed by atoms with E-state index in [1.165, 1.54) is 43.7 Å². The lowest BCUT2D eigenvalue weighted by molar-refractivity contribution is -0.384. The second kappa shape index (κ2) is 10.5. The van der Waals surface area contributed by atoms with Crippen molar-refractivity contribution < 1.29 is 18.5 Å². The molecule has 2 aromatic heterocycles. The Balaban J connectivity index is 1.52. The number of nitrogens with one attached hydrogen (secondary N) is 2. The van der Waals surface area contributed by atoms with Crippen LogP contribution in [0.15, 0.2) is 64.1 Å². The van der Waals surface area contributed by atoms with Crippen LogP contribution in [0, 0.1) is 15.9 Å². The highest BCUT2D eigenvalue weighted by molar-refractivity contribution is 5.79. The number of hydrogen-bond donors (Lipinski definition) is 2. The molecule has 13 heteroatoms. The van der Waals surface area contributed by atoms with Gasteiger partial charge in [-0.05, 0) is 42.5 Å². The average Bonchev–Trinajstić information content (AvgIpc) is 3.33. The van der Waals surface area contributed by atoms with Gasteiger partial charge in [0.15, 0.2) is 0 Å². The van der Waals surface area contributed by atoms with Gasteiger partial charge in [0, 0.05) is 31.9 Å². The number of nitro groups is 1. The number of ether oxygens (including phenoxy) is 1. The van der Waals surface area contributed by atoms with Crippen molar-refractivity contribution in [2.45, 2.75) is 0 Å². The molecule has 12 nitrogen and oxygen atoms in total. The number of nitrogens with zero attached hydrogens (tertiary/aromatic N) is 6. The smallest absolute Gasteiger partial charge is 0.270 e. The van der Waals surface area contributed by atoms with E-state index in [-0.39, 0.29) is 23.4 Å². The maximum absolute atomic E-state index is 13.2. The van der Waals surface area contributed by atoms with Gasteiger partial charge in [-0.1, -0.05) is 0 Å². The van der Waals surface area contributed by atoms with Crippen LogP contribution in [0.2, 0.25) is 0 Å². The Morgan fingerprint density at radius 3 is 2.53 bits per heavy atom. The molecule has 36 heavy (non-hydrogen) atoms. The molecule has 0 fully saturated rings. The topological polar surface area (TPSA) is 144 Å². The summed E-state index contributed by atoms with van der Waals surface area (Å²) < 4.78 is 24.2. The average molecular weight is 492 g/mol. The van der Waals surface area contributed by atoms with Crippen molar-refractivity contribution in [2.24, 2.45) is 5.10 Å². The molecule has 0 aliphatic carbocycles. The third-order valence-electron chi connectivity index (χ3n) is 4.77. The number of benzene rings is 2. The fourth-order valence-electron chi connectivity index (χ4n) is 3.06. The molecule has 0 bridgehead atoms. The molecule has 0 radical (unpaired) electrons. The fourth-order valence-corrected chi connectivity index (χ4v) is 3.06. The lowest BCUT2D eigenvalue weighted by Crippen LogP contribution is -2.15. The van der Waals surface area contributed by atoms with E-state index >= 15 is 0 Å². The first-order valence-electron chi connectivity index (χ1n) is 10.5. The van der Waals surface area contributed by atoms with E-state index < -0.39 is 4.92 Å². The van der Waals surface area contributed by atoms with Gasteiger partial charge in [-0.15, -0.1) is 0 Å². The van der Waals surface area contributed by atoms with Crippen LogP contribution in [0.4, 0.5) is 33.6 Å². The molecule has 0 amide bonds. The van der Waals surface area contributed by atoms with Gasteiger partial charge in [0.05, 0.1) is 23.8 Å². The van der Waals surface area contributed by atoms with E-state index in [4.69, 9.17) is 9.15 Å². The second-order valence-corrected chi connectivity index (χ2v) is 7.52. The molecule has 0 aliphatic rings. The maximum Gasteiger partial charge on any atom is 0.270 e. The van der Waals surface area contributed by atoms with Gasteiger partial charge in [-0.3, -0.25) is 10.1 Å². The molecule has 2 heterocycles. The maximum atomic E-state index is 13.2. The van der Waals surface area contributed by atoms with Crippen LogP contribution in [0.1, 0.15) is 5.76 Å². The largest absolute Gasteiger partial charge is 0.496 e. The zero-order valence-corrected chi connectivity index (χ0v) is 19.5. The Morgan fingerprint density at radius 2 is 1.83 bits per heavy atom. The van der Waals surface area contributed by atoms with Gasteiger partial charge in [0.25, 0.3) is 5.69 Å². The van der Waals surface area contributed by atoms with Crippen molar-refractivity contribution in [2.75, 3.05) is 36.8 Å². The standard InChI is InChI=1S/C23H21FN8O4/c1-31(2)23-28-21(26-15-6-4-14(24)5-7-15)27-22(29-23)30-25-13-17-9-11-20(36-17)18-12-16(32(33)34)8-10-19(18)35-3/h4-13H,1-3H3,(H2,26,27,28,29,30). The predicted octanol–water partition coefficient (Wildman–Crippen LogP) is 4.44. The molecule has 0 atom stereocenters. The van der Waals surface area contributed by atoms with Crippen LogP contribution in [0.5, 0.6) is 5.75 Å².